The van der Waals surface area contributed by atoms with Gasteiger partial charge < -0.3 is 10.6 Å². The zero-order chi connectivity index (χ0) is 11.7. The molecule has 2 aliphatic heterocycles. The summed E-state index contributed by atoms with van der Waals surface area (Å²) in [5.41, 5.74) is 0. The number of hydrogen-bond donors (Lipinski definition) is 2. The number of amides is 1. The standard InChI is InChI=1S/C13H23N3O.2ClH/c17-13(8-10-2-1-6-14-10)15-11-5-7-16(9-11)12-3-4-12;;/h10-12,14H,1-9H2,(H,15,17);2*1H. The molecule has 2 saturated heterocycles. The average molecular weight is 310 g/mol. The van der Waals surface area contributed by atoms with Crippen LogP contribution in [0.25, 0.3) is 0 Å². The van der Waals surface area contributed by atoms with E-state index in [0.29, 0.717) is 18.5 Å². The highest BCUT2D eigenvalue weighted by atomic mass is 35.5. The van der Waals surface area contributed by atoms with Gasteiger partial charge in [0.25, 0.3) is 0 Å². The van der Waals surface area contributed by atoms with Crippen molar-refractivity contribution in [1.29, 1.82) is 0 Å². The Kier molecular flexibility index (Phi) is 6.87. The van der Waals surface area contributed by atoms with Gasteiger partial charge in [0.05, 0.1) is 0 Å². The van der Waals surface area contributed by atoms with Crippen LogP contribution in [0, 0.1) is 0 Å². The van der Waals surface area contributed by atoms with E-state index in [-0.39, 0.29) is 30.7 Å². The highest BCUT2D eigenvalue weighted by molar-refractivity contribution is 5.85. The van der Waals surface area contributed by atoms with Crippen molar-refractivity contribution in [3.8, 4) is 0 Å². The van der Waals surface area contributed by atoms with Gasteiger partial charge in [0.1, 0.15) is 0 Å². The topological polar surface area (TPSA) is 44.4 Å². The summed E-state index contributed by atoms with van der Waals surface area (Å²) in [4.78, 5) is 14.4. The van der Waals surface area contributed by atoms with E-state index in [4.69, 9.17) is 0 Å². The van der Waals surface area contributed by atoms with Gasteiger partial charge >= 0.3 is 0 Å². The van der Waals surface area contributed by atoms with E-state index in [1.165, 1.54) is 25.8 Å². The van der Waals surface area contributed by atoms with Crippen LogP contribution in [0.15, 0.2) is 0 Å². The number of hydrogen-bond acceptors (Lipinski definition) is 3. The predicted molar refractivity (Wildman–Crippen MR) is 81.3 cm³/mol. The smallest absolute Gasteiger partial charge is 0.221 e. The zero-order valence-corrected chi connectivity index (χ0v) is 12.9. The number of carbonyl (C=O) groups is 1. The molecule has 0 aromatic heterocycles. The molecule has 6 heteroatoms. The fraction of sp³-hybridized carbons (Fsp3) is 0.923. The van der Waals surface area contributed by atoms with Gasteiger partial charge in [-0.15, -0.1) is 24.8 Å². The largest absolute Gasteiger partial charge is 0.352 e. The van der Waals surface area contributed by atoms with Crippen molar-refractivity contribution in [3.63, 3.8) is 0 Å². The molecule has 1 amide bonds. The molecule has 19 heavy (non-hydrogen) atoms. The Morgan fingerprint density at radius 2 is 2.00 bits per heavy atom. The van der Waals surface area contributed by atoms with Gasteiger partial charge in [0.15, 0.2) is 0 Å². The third-order valence-electron chi connectivity index (χ3n) is 4.24. The molecule has 112 valence electrons. The number of rotatable bonds is 4. The number of nitrogens with zero attached hydrogens (tertiary/aromatic N) is 1. The first-order valence-corrected chi connectivity index (χ1v) is 7.08. The second-order valence-electron chi connectivity index (χ2n) is 5.78. The van der Waals surface area contributed by atoms with Crippen molar-refractivity contribution in [1.82, 2.24) is 15.5 Å². The SMILES string of the molecule is Cl.Cl.O=C(CC1CCCN1)NC1CCN(C2CC2)C1. The molecule has 3 rings (SSSR count). The monoisotopic (exact) mass is 309 g/mol. The van der Waals surface area contributed by atoms with Gasteiger partial charge in [-0.1, -0.05) is 0 Å². The Morgan fingerprint density at radius 3 is 2.63 bits per heavy atom. The van der Waals surface area contributed by atoms with Crippen LogP contribution in [-0.4, -0.2) is 48.6 Å². The lowest BCUT2D eigenvalue weighted by atomic mass is 10.1. The van der Waals surface area contributed by atoms with Crippen molar-refractivity contribution < 1.29 is 4.79 Å². The van der Waals surface area contributed by atoms with E-state index < -0.39 is 0 Å². The molecule has 0 aromatic carbocycles. The molecule has 2 N–H and O–H groups in total. The first kappa shape index (κ1) is 17.0. The normalized spacial score (nSPS) is 30.5. The predicted octanol–water partition coefficient (Wildman–Crippen LogP) is 1.32. The van der Waals surface area contributed by atoms with Gasteiger partial charge in [0.2, 0.25) is 5.91 Å². The minimum atomic E-state index is 0. The molecule has 1 aliphatic carbocycles. The second kappa shape index (κ2) is 7.67. The van der Waals surface area contributed by atoms with E-state index in [2.05, 4.69) is 15.5 Å². The molecule has 0 radical (unpaired) electrons. The lowest BCUT2D eigenvalue weighted by molar-refractivity contribution is -0.122. The molecule has 2 heterocycles. The van der Waals surface area contributed by atoms with Crippen LogP contribution in [0.1, 0.15) is 38.5 Å². The van der Waals surface area contributed by atoms with E-state index >= 15 is 0 Å². The van der Waals surface area contributed by atoms with Crippen molar-refractivity contribution in [2.45, 2.75) is 56.7 Å². The third-order valence-corrected chi connectivity index (χ3v) is 4.24. The highest BCUT2D eigenvalue weighted by Gasteiger charge is 2.34. The van der Waals surface area contributed by atoms with Gasteiger partial charge in [0, 0.05) is 37.6 Å². The molecule has 0 spiro atoms. The lowest BCUT2D eigenvalue weighted by Crippen LogP contribution is -2.40. The van der Waals surface area contributed by atoms with Crippen molar-refractivity contribution in [2.24, 2.45) is 0 Å². The molecule has 2 unspecified atom stereocenters. The second-order valence-corrected chi connectivity index (χ2v) is 5.78. The van der Waals surface area contributed by atoms with E-state index in [0.717, 1.165) is 32.0 Å². The van der Waals surface area contributed by atoms with Crippen molar-refractivity contribution in [2.75, 3.05) is 19.6 Å². The van der Waals surface area contributed by atoms with Crippen LogP contribution < -0.4 is 10.6 Å². The fourth-order valence-corrected chi connectivity index (χ4v) is 3.12. The Hall–Kier alpha value is -0.0300. The molecule has 4 nitrogen and oxygen atoms in total. The van der Waals surface area contributed by atoms with Crippen LogP contribution in [-0.2, 0) is 4.79 Å². The van der Waals surface area contributed by atoms with Crippen LogP contribution in [0.4, 0.5) is 0 Å². The quantitative estimate of drug-likeness (QED) is 0.823. The maximum Gasteiger partial charge on any atom is 0.221 e. The summed E-state index contributed by atoms with van der Waals surface area (Å²) >= 11 is 0. The summed E-state index contributed by atoms with van der Waals surface area (Å²) in [6.07, 6.45) is 6.92. The molecule has 2 atom stereocenters. The number of likely N-dealkylation sites (tertiary alicyclic amines) is 1. The highest BCUT2D eigenvalue weighted by Crippen LogP contribution is 2.29. The minimum Gasteiger partial charge on any atom is -0.352 e. The molecule has 0 aromatic rings. The summed E-state index contributed by atoms with van der Waals surface area (Å²) in [7, 11) is 0. The lowest BCUT2D eigenvalue weighted by Gasteiger charge is -2.17. The Morgan fingerprint density at radius 1 is 1.21 bits per heavy atom. The van der Waals surface area contributed by atoms with Gasteiger partial charge in [-0.3, -0.25) is 9.69 Å². The minimum absolute atomic E-state index is 0. The molecule has 3 fully saturated rings. The van der Waals surface area contributed by atoms with Gasteiger partial charge in [-0.2, -0.15) is 0 Å². The first-order valence-electron chi connectivity index (χ1n) is 7.08. The van der Waals surface area contributed by atoms with Gasteiger partial charge in [-0.25, -0.2) is 0 Å². The summed E-state index contributed by atoms with van der Waals surface area (Å²) in [6.45, 7) is 3.34. The molecular formula is C13H25Cl2N3O. The van der Waals surface area contributed by atoms with Gasteiger partial charge in [-0.05, 0) is 38.6 Å². The van der Waals surface area contributed by atoms with Crippen LogP contribution in [0.3, 0.4) is 0 Å². The first-order chi connectivity index (χ1) is 8.31. The molecular weight excluding hydrogens is 285 g/mol. The zero-order valence-electron chi connectivity index (χ0n) is 11.3. The Labute approximate surface area is 127 Å². The number of halogens is 2. The average Bonchev–Trinajstić information content (AvgIpc) is 2.84. The third kappa shape index (κ3) is 4.78. The van der Waals surface area contributed by atoms with E-state index in [1.54, 1.807) is 0 Å². The summed E-state index contributed by atoms with van der Waals surface area (Å²) in [5, 5.41) is 6.58. The maximum absolute atomic E-state index is 11.9. The summed E-state index contributed by atoms with van der Waals surface area (Å²) < 4.78 is 0. The Bertz CT molecular complexity index is 294. The maximum atomic E-state index is 11.9. The van der Waals surface area contributed by atoms with Crippen LogP contribution in [0.2, 0.25) is 0 Å². The van der Waals surface area contributed by atoms with Crippen LogP contribution >= 0.6 is 24.8 Å². The van der Waals surface area contributed by atoms with Crippen molar-refractivity contribution in [3.05, 3.63) is 0 Å². The number of carbonyl (C=O) groups excluding carboxylic acids is 1. The summed E-state index contributed by atoms with van der Waals surface area (Å²) in [5.74, 6) is 0.243. The van der Waals surface area contributed by atoms with Crippen LogP contribution in [0.5, 0.6) is 0 Å². The number of nitrogens with one attached hydrogen (secondary N) is 2. The Balaban J connectivity index is 0.000000902. The molecule has 3 aliphatic rings. The summed E-state index contributed by atoms with van der Waals surface area (Å²) in [6, 6.07) is 1.67. The molecule has 1 saturated carbocycles. The van der Waals surface area contributed by atoms with E-state index in [9.17, 15) is 4.79 Å². The molecule has 0 bridgehead atoms. The van der Waals surface area contributed by atoms with Crippen molar-refractivity contribution >= 4 is 30.7 Å². The van der Waals surface area contributed by atoms with E-state index in [1.807, 2.05) is 0 Å². The fourth-order valence-electron chi connectivity index (χ4n) is 3.12.